The van der Waals surface area contributed by atoms with Crippen LogP contribution in [0.3, 0.4) is 0 Å². The number of fused-ring (bicyclic) bond motifs is 6. The Hall–Kier alpha value is -0.280. The minimum absolute atomic E-state index is 0.129. The van der Waals surface area contributed by atoms with Crippen LogP contribution in [0.2, 0.25) is 0 Å². The Morgan fingerprint density at radius 1 is 0.372 bits per heavy atom. The van der Waals surface area contributed by atoms with Gasteiger partial charge in [0, 0.05) is 11.8 Å². The molecule has 0 amide bonds. The standard InChI is InChI=1S/C36H50O7/c1-5-21-27(37-21)13-17(1)31-33-25(41-33)9-11-35(31,19-3-7-23-29(15-19)39-23)43-36(20-4-8-24-30(16-20)40-24)12-10-26-34(42-26)32(36)18-2-6-22-28(14-18)38-22/h17-34H,1-16H2. The van der Waals surface area contributed by atoms with Crippen molar-refractivity contribution in [1.82, 2.24) is 0 Å². The summed E-state index contributed by atoms with van der Waals surface area (Å²) in [6, 6.07) is 0. The van der Waals surface area contributed by atoms with Crippen LogP contribution in [0.5, 0.6) is 0 Å². The molecule has 43 heavy (non-hydrogen) atoms. The molecule has 0 aromatic heterocycles. The van der Waals surface area contributed by atoms with Gasteiger partial charge in [0.1, 0.15) is 0 Å². The number of rotatable bonds is 6. The first kappa shape index (κ1) is 25.8. The topological polar surface area (TPSA) is 84.4 Å². The second kappa shape index (κ2) is 8.79. The molecular formula is C36H50O7. The maximum absolute atomic E-state index is 8.59. The van der Waals surface area contributed by atoms with E-state index >= 15 is 0 Å². The number of hydrogen-bond acceptors (Lipinski definition) is 7. The molecule has 0 bridgehead atoms. The molecule has 12 fully saturated rings. The quantitative estimate of drug-likeness (QED) is 0.396. The second-order valence-electron chi connectivity index (χ2n) is 17.4. The van der Waals surface area contributed by atoms with Gasteiger partial charge in [-0.3, -0.25) is 0 Å². The lowest BCUT2D eigenvalue weighted by Gasteiger charge is -2.60. The molecule has 12 rings (SSSR count). The Labute approximate surface area is 255 Å². The van der Waals surface area contributed by atoms with Crippen molar-refractivity contribution in [2.24, 2.45) is 35.5 Å². The molecule has 0 N–H and O–H groups in total. The minimum Gasteiger partial charge on any atom is -0.370 e. The van der Waals surface area contributed by atoms with Crippen molar-refractivity contribution in [3.63, 3.8) is 0 Å². The molecule has 6 heterocycles. The van der Waals surface area contributed by atoms with Gasteiger partial charge < -0.3 is 33.2 Å². The third-order valence-electron chi connectivity index (χ3n) is 15.6. The van der Waals surface area contributed by atoms with Gasteiger partial charge >= 0.3 is 0 Å². The van der Waals surface area contributed by atoms with Gasteiger partial charge in [0.25, 0.3) is 0 Å². The Bertz CT molecular complexity index is 1090. The van der Waals surface area contributed by atoms with Gasteiger partial charge in [-0.15, -0.1) is 0 Å². The van der Waals surface area contributed by atoms with Gasteiger partial charge in [-0.25, -0.2) is 0 Å². The van der Waals surface area contributed by atoms with Crippen molar-refractivity contribution >= 4 is 0 Å². The average Bonchev–Trinajstić information content (AvgIpc) is 3.81. The van der Waals surface area contributed by atoms with Crippen molar-refractivity contribution in [2.75, 3.05) is 0 Å². The van der Waals surface area contributed by atoms with Gasteiger partial charge in [-0.05, 0) is 126 Å². The fourth-order valence-electron chi connectivity index (χ4n) is 13.3. The van der Waals surface area contributed by atoms with E-state index in [2.05, 4.69) is 0 Å². The summed E-state index contributed by atoms with van der Waals surface area (Å²) in [6.45, 7) is 0. The highest BCUT2D eigenvalue weighted by atomic mass is 16.6. The van der Waals surface area contributed by atoms with Crippen LogP contribution in [0.15, 0.2) is 0 Å². The van der Waals surface area contributed by atoms with Gasteiger partial charge in [0.2, 0.25) is 0 Å². The van der Waals surface area contributed by atoms with E-state index in [-0.39, 0.29) is 11.2 Å². The van der Waals surface area contributed by atoms with Gasteiger partial charge in [-0.1, -0.05) is 0 Å². The largest absolute Gasteiger partial charge is 0.370 e. The van der Waals surface area contributed by atoms with Crippen LogP contribution in [0.4, 0.5) is 0 Å². The smallest absolute Gasteiger partial charge is 0.0900 e. The Morgan fingerprint density at radius 2 is 0.791 bits per heavy atom. The fourth-order valence-corrected chi connectivity index (χ4v) is 13.3. The second-order valence-corrected chi connectivity index (χ2v) is 17.4. The normalized spacial score (nSPS) is 66.7. The van der Waals surface area contributed by atoms with E-state index in [1.54, 1.807) is 0 Å². The molecule has 6 aliphatic heterocycles. The molecule has 0 aromatic carbocycles. The van der Waals surface area contributed by atoms with Crippen LogP contribution < -0.4 is 0 Å². The molecule has 6 aliphatic carbocycles. The zero-order chi connectivity index (χ0) is 27.7. The Kier molecular flexibility index (Phi) is 5.27. The fraction of sp³-hybridized carbons (Fsp3) is 1.00. The Morgan fingerprint density at radius 3 is 1.21 bits per heavy atom. The molecule has 6 saturated heterocycles. The SMILES string of the molecule is C1CC2OC2CC1C1C2OC2CCC1(OC1(C2CCC3OC3C2)CCC2OC2C1C1CCC2OC2C1)C1CCC2OC2C1. The van der Waals surface area contributed by atoms with Crippen LogP contribution in [0.25, 0.3) is 0 Å². The lowest BCUT2D eigenvalue weighted by Crippen LogP contribution is -2.65. The van der Waals surface area contributed by atoms with Gasteiger partial charge in [-0.2, -0.15) is 0 Å². The molecule has 20 atom stereocenters. The summed E-state index contributed by atoms with van der Waals surface area (Å²) in [7, 11) is 0. The summed E-state index contributed by atoms with van der Waals surface area (Å²) in [6.07, 6.45) is 25.2. The monoisotopic (exact) mass is 594 g/mol. The first-order chi connectivity index (χ1) is 21.1. The average molecular weight is 595 g/mol. The number of epoxide rings is 6. The van der Waals surface area contributed by atoms with Crippen molar-refractivity contribution in [1.29, 1.82) is 0 Å². The molecule has 0 spiro atoms. The highest BCUT2D eigenvalue weighted by Gasteiger charge is 2.72. The molecule has 6 saturated carbocycles. The summed E-state index contributed by atoms with van der Waals surface area (Å²) < 4.78 is 46.7. The van der Waals surface area contributed by atoms with E-state index in [0.29, 0.717) is 109 Å². The zero-order valence-corrected chi connectivity index (χ0v) is 25.6. The van der Waals surface area contributed by atoms with E-state index in [9.17, 15) is 0 Å². The maximum Gasteiger partial charge on any atom is 0.0900 e. The van der Waals surface area contributed by atoms with E-state index in [1.165, 1.54) is 103 Å². The summed E-state index contributed by atoms with van der Waals surface area (Å²) in [5.41, 5.74) is -0.259. The number of ether oxygens (including phenoxy) is 7. The van der Waals surface area contributed by atoms with Crippen LogP contribution >= 0.6 is 0 Å². The predicted octanol–water partition coefficient (Wildman–Crippen LogP) is 5.11. The van der Waals surface area contributed by atoms with Gasteiger partial charge in [0.05, 0.1) is 84.4 Å². The predicted molar refractivity (Wildman–Crippen MR) is 153 cm³/mol. The van der Waals surface area contributed by atoms with Gasteiger partial charge in [0.15, 0.2) is 0 Å². The molecule has 20 unspecified atom stereocenters. The van der Waals surface area contributed by atoms with E-state index in [0.717, 1.165) is 0 Å². The summed E-state index contributed by atoms with van der Waals surface area (Å²) in [5, 5.41) is 0. The first-order valence-corrected chi connectivity index (χ1v) is 18.8. The van der Waals surface area contributed by atoms with Crippen molar-refractivity contribution < 1.29 is 33.2 Å². The molecule has 236 valence electrons. The van der Waals surface area contributed by atoms with Crippen LogP contribution in [0, 0.1) is 35.5 Å². The van der Waals surface area contributed by atoms with Crippen LogP contribution in [0.1, 0.15) is 103 Å². The van der Waals surface area contributed by atoms with E-state index < -0.39 is 0 Å². The van der Waals surface area contributed by atoms with E-state index in [1.807, 2.05) is 0 Å². The summed E-state index contributed by atoms with van der Waals surface area (Å²) >= 11 is 0. The Balaban J connectivity index is 0.985. The third kappa shape index (κ3) is 3.91. The highest BCUT2D eigenvalue weighted by molar-refractivity contribution is 5.20. The number of hydrogen-bond donors (Lipinski definition) is 0. The molecule has 7 nitrogen and oxygen atoms in total. The molecule has 7 heteroatoms. The van der Waals surface area contributed by atoms with Crippen molar-refractivity contribution in [3.8, 4) is 0 Å². The maximum atomic E-state index is 8.59. The minimum atomic E-state index is -0.129. The lowest BCUT2D eigenvalue weighted by atomic mass is 9.55. The van der Waals surface area contributed by atoms with Crippen molar-refractivity contribution in [3.05, 3.63) is 0 Å². The van der Waals surface area contributed by atoms with Crippen molar-refractivity contribution in [2.45, 2.75) is 187 Å². The molecule has 0 aromatic rings. The summed E-state index contributed by atoms with van der Waals surface area (Å²) in [4.78, 5) is 0. The molecule has 0 radical (unpaired) electrons. The molecular weight excluding hydrogens is 544 g/mol. The molecule has 12 aliphatic rings. The van der Waals surface area contributed by atoms with E-state index in [4.69, 9.17) is 33.2 Å². The summed E-state index contributed by atoms with van der Waals surface area (Å²) in [5.74, 6) is 3.41. The van der Waals surface area contributed by atoms with Crippen LogP contribution in [-0.4, -0.2) is 84.4 Å². The zero-order valence-electron chi connectivity index (χ0n) is 25.6. The highest BCUT2D eigenvalue weighted by Crippen LogP contribution is 2.66. The lowest BCUT2D eigenvalue weighted by molar-refractivity contribution is -0.281. The third-order valence-corrected chi connectivity index (χ3v) is 15.6. The first-order valence-electron chi connectivity index (χ1n) is 18.8. The van der Waals surface area contributed by atoms with Crippen LogP contribution in [-0.2, 0) is 33.2 Å².